The highest BCUT2D eigenvalue weighted by atomic mass is 28.3. The van der Waals surface area contributed by atoms with Crippen molar-refractivity contribution >= 4 is 31.0 Å². The molecule has 26 heavy (non-hydrogen) atoms. The second kappa shape index (κ2) is 5.88. The molecule has 2 aliphatic carbocycles. The zero-order valence-electron chi connectivity index (χ0n) is 15.5. The number of rotatable bonds is 2. The maximum absolute atomic E-state index is 3.64. The number of anilines is 4. The first kappa shape index (κ1) is 16.0. The minimum Gasteiger partial charge on any atom is -0.366 e. The lowest BCUT2D eigenvalue weighted by atomic mass is 9.92. The van der Waals surface area contributed by atoms with Gasteiger partial charge in [0.2, 0.25) is 0 Å². The van der Waals surface area contributed by atoms with Crippen LogP contribution in [0.4, 0.5) is 22.7 Å². The van der Waals surface area contributed by atoms with Crippen LogP contribution >= 0.6 is 0 Å². The van der Waals surface area contributed by atoms with E-state index in [2.05, 4.69) is 95.8 Å². The van der Waals surface area contributed by atoms with Crippen molar-refractivity contribution in [2.75, 3.05) is 9.88 Å². The summed E-state index contributed by atoms with van der Waals surface area (Å²) in [6.45, 7) is 5.15. The monoisotopic (exact) mass is 358 g/mol. The van der Waals surface area contributed by atoms with Gasteiger partial charge in [-0.2, -0.15) is 0 Å². The fraction of sp³-hybridized carbons (Fsp3) is 0.304. The van der Waals surface area contributed by atoms with Gasteiger partial charge in [-0.05, 0) is 48.1 Å². The zero-order chi connectivity index (χ0) is 17.7. The van der Waals surface area contributed by atoms with E-state index in [9.17, 15) is 0 Å². The van der Waals surface area contributed by atoms with Crippen LogP contribution in [-0.2, 0) is 0 Å². The van der Waals surface area contributed by atoms with Crippen LogP contribution in [0.2, 0.25) is 18.6 Å². The highest BCUT2D eigenvalue weighted by molar-refractivity contribution is 6.84. The van der Waals surface area contributed by atoms with Crippen molar-refractivity contribution in [2.45, 2.75) is 31.5 Å². The summed E-state index contributed by atoms with van der Waals surface area (Å²) >= 11 is 0. The number of nitrogens with zero attached hydrogens (tertiary/aromatic N) is 1. The minimum absolute atomic E-state index is 0.705. The molecule has 3 heteroatoms. The summed E-state index contributed by atoms with van der Waals surface area (Å²) in [7, 11) is -1.77. The normalized spacial score (nSPS) is 26.1. The zero-order valence-corrected chi connectivity index (χ0v) is 16.5. The molecule has 3 atom stereocenters. The van der Waals surface area contributed by atoms with Gasteiger partial charge in [-0.25, -0.2) is 0 Å². The average molecular weight is 359 g/mol. The summed E-state index contributed by atoms with van der Waals surface area (Å²) in [4.78, 5) is 0. The molecule has 0 bridgehead atoms. The highest BCUT2D eigenvalue weighted by Gasteiger charge is 2.49. The number of hydrogen-bond donors (Lipinski definition) is 1. The van der Waals surface area contributed by atoms with E-state index >= 15 is 0 Å². The molecular formula is C23H26N2Si. The van der Waals surface area contributed by atoms with Gasteiger partial charge < -0.3 is 9.88 Å². The van der Waals surface area contributed by atoms with Gasteiger partial charge in [-0.3, -0.25) is 0 Å². The van der Waals surface area contributed by atoms with Crippen LogP contribution < -0.4 is 9.88 Å². The summed E-state index contributed by atoms with van der Waals surface area (Å²) in [5.41, 5.74) is 5.94. The quantitative estimate of drug-likeness (QED) is 0.608. The van der Waals surface area contributed by atoms with Crippen molar-refractivity contribution in [3.8, 4) is 0 Å². The minimum atomic E-state index is -1.77. The third-order valence-corrected chi connectivity index (χ3v) is 10.7. The number of nitrogens with one attached hydrogen (secondary N) is 1. The number of allylic oxidation sites excluding steroid dienone is 4. The maximum atomic E-state index is 3.64. The first-order chi connectivity index (χ1) is 12.7. The van der Waals surface area contributed by atoms with E-state index in [1.807, 2.05) is 0 Å². The number of benzene rings is 2. The molecule has 0 aromatic heterocycles. The van der Waals surface area contributed by atoms with Gasteiger partial charge in [0.1, 0.15) is 0 Å². The summed E-state index contributed by atoms with van der Waals surface area (Å²) in [6.07, 6.45) is 12.1. The van der Waals surface area contributed by atoms with Gasteiger partial charge >= 0.3 is 0 Å². The third kappa shape index (κ3) is 2.30. The molecule has 3 unspecified atom stereocenters. The lowest BCUT2D eigenvalue weighted by Gasteiger charge is -2.48. The molecule has 1 N–H and O–H groups in total. The van der Waals surface area contributed by atoms with Gasteiger partial charge in [-0.1, -0.05) is 68.1 Å². The van der Waals surface area contributed by atoms with E-state index < -0.39 is 8.24 Å². The van der Waals surface area contributed by atoms with E-state index in [-0.39, 0.29) is 0 Å². The molecule has 5 rings (SSSR count). The molecule has 1 heterocycles. The number of para-hydroxylation sites is 4. The van der Waals surface area contributed by atoms with Crippen LogP contribution in [0.3, 0.4) is 0 Å². The first-order valence-electron chi connectivity index (χ1n) is 9.76. The van der Waals surface area contributed by atoms with Gasteiger partial charge in [0.25, 0.3) is 0 Å². The Hall–Kier alpha value is -2.26. The van der Waals surface area contributed by atoms with Crippen LogP contribution in [0.25, 0.3) is 0 Å². The molecular weight excluding hydrogens is 332 g/mol. The van der Waals surface area contributed by atoms with Gasteiger partial charge in [0.05, 0.1) is 22.7 Å². The van der Waals surface area contributed by atoms with Crippen molar-refractivity contribution in [1.82, 2.24) is 0 Å². The Morgan fingerprint density at radius 2 is 1.46 bits per heavy atom. The fourth-order valence-corrected chi connectivity index (χ4v) is 9.53. The molecule has 1 aliphatic heterocycles. The smallest absolute Gasteiger partial charge is 0.160 e. The molecule has 3 aliphatic rings. The topological polar surface area (TPSA) is 15.3 Å². The largest absolute Gasteiger partial charge is 0.366 e. The van der Waals surface area contributed by atoms with Crippen molar-refractivity contribution in [2.24, 2.45) is 11.8 Å². The summed E-state index contributed by atoms with van der Waals surface area (Å²) in [6, 6.07) is 17.6. The Labute approximate surface area is 157 Å². The molecule has 0 amide bonds. The van der Waals surface area contributed by atoms with E-state index in [1.54, 1.807) is 0 Å². The standard InChI is InChI=1S/C23H26N2Si/c1-26(2,23-16-15-17-9-3-4-10-18(17)23)25-21-13-7-5-11-19(21)24-20-12-6-8-14-22(20)25/h3-14,17-18,23-24H,15-16H2,1-2H3. The van der Waals surface area contributed by atoms with Crippen LogP contribution in [0, 0.1) is 11.8 Å². The van der Waals surface area contributed by atoms with Gasteiger partial charge in [0.15, 0.2) is 8.24 Å². The highest BCUT2D eigenvalue weighted by Crippen LogP contribution is 2.55. The predicted molar refractivity (Wildman–Crippen MR) is 114 cm³/mol. The molecule has 0 saturated heterocycles. The van der Waals surface area contributed by atoms with E-state index in [4.69, 9.17) is 0 Å². The molecule has 0 radical (unpaired) electrons. The second-order valence-corrected chi connectivity index (χ2v) is 12.8. The lowest BCUT2D eigenvalue weighted by molar-refractivity contribution is 0.544. The molecule has 2 aromatic carbocycles. The SMILES string of the molecule is C[Si](C)(C1CCC2C=CC=CC21)N1c2ccccc2Nc2ccccc21. The van der Waals surface area contributed by atoms with Crippen molar-refractivity contribution in [3.63, 3.8) is 0 Å². The Bertz CT molecular complexity index is 853. The van der Waals surface area contributed by atoms with Crippen molar-refractivity contribution in [3.05, 3.63) is 72.8 Å². The first-order valence-corrected chi connectivity index (χ1v) is 12.8. The molecule has 1 saturated carbocycles. The van der Waals surface area contributed by atoms with Gasteiger partial charge in [-0.15, -0.1) is 0 Å². The number of fused-ring (bicyclic) bond motifs is 3. The molecule has 2 aromatic rings. The number of hydrogen-bond acceptors (Lipinski definition) is 2. The predicted octanol–water partition coefficient (Wildman–Crippen LogP) is 6.61. The van der Waals surface area contributed by atoms with E-state index in [1.165, 1.54) is 35.6 Å². The fourth-order valence-electron chi connectivity index (χ4n) is 5.39. The maximum Gasteiger partial charge on any atom is 0.160 e. The Morgan fingerprint density at radius 3 is 2.15 bits per heavy atom. The average Bonchev–Trinajstić information content (AvgIpc) is 3.11. The van der Waals surface area contributed by atoms with Crippen LogP contribution in [-0.4, -0.2) is 8.24 Å². The molecule has 2 nitrogen and oxygen atoms in total. The van der Waals surface area contributed by atoms with Crippen LogP contribution in [0.15, 0.2) is 72.8 Å². The van der Waals surface area contributed by atoms with Crippen molar-refractivity contribution in [1.29, 1.82) is 0 Å². The molecule has 1 fully saturated rings. The Morgan fingerprint density at radius 1 is 0.846 bits per heavy atom. The third-order valence-electron chi connectivity index (χ3n) is 6.62. The summed E-state index contributed by atoms with van der Waals surface area (Å²) in [5, 5.41) is 3.64. The van der Waals surface area contributed by atoms with E-state index in [0.717, 1.165) is 11.5 Å². The van der Waals surface area contributed by atoms with Crippen molar-refractivity contribution < 1.29 is 0 Å². The summed E-state index contributed by atoms with van der Waals surface area (Å²) < 4.78 is 2.73. The summed E-state index contributed by atoms with van der Waals surface area (Å²) in [5.74, 6) is 1.45. The Balaban J connectivity index is 1.63. The van der Waals surface area contributed by atoms with Crippen LogP contribution in [0.5, 0.6) is 0 Å². The second-order valence-electron chi connectivity index (χ2n) is 8.34. The van der Waals surface area contributed by atoms with Crippen LogP contribution in [0.1, 0.15) is 12.8 Å². The molecule has 132 valence electrons. The lowest BCUT2D eigenvalue weighted by Crippen LogP contribution is -2.52. The Kier molecular flexibility index (Phi) is 3.61. The molecule has 0 spiro atoms. The van der Waals surface area contributed by atoms with E-state index in [0.29, 0.717) is 5.92 Å². The van der Waals surface area contributed by atoms with Gasteiger partial charge in [0, 0.05) is 0 Å².